The lowest BCUT2D eigenvalue weighted by atomic mass is 10.2. The lowest BCUT2D eigenvalue weighted by molar-refractivity contribution is -0.137. The minimum absolute atomic E-state index is 0.0176. The van der Waals surface area contributed by atoms with Crippen LogP contribution in [0.1, 0.15) is 10.4 Å². The Hall–Kier alpha value is -1.94. The van der Waals surface area contributed by atoms with Gasteiger partial charge in [-0.3, -0.25) is 14.4 Å². The number of fused-ring (bicyclic) bond motifs is 1. The monoisotopic (exact) mass is 328 g/mol. The smallest absolute Gasteiger partial charge is 0.316 e. The van der Waals surface area contributed by atoms with Crippen LogP contribution >= 0.6 is 23.5 Å². The second-order valence-corrected chi connectivity index (χ2v) is 5.64. The van der Waals surface area contributed by atoms with E-state index >= 15 is 0 Å². The van der Waals surface area contributed by atoms with Crippen LogP contribution in [-0.2, 0) is 9.53 Å². The Morgan fingerprint density at radius 2 is 2.10 bits per heavy atom. The van der Waals surface area contributed by atoms with Crippen LogP contribution in [0.25, 0.3) is 11.0 Å². The minimum atomic E-state index is -0.701. The molecule has 0 saturated carbocycles. The predicted molar refractivity (Wildman–Crippen MR) is 79.8 cm³/mol. The van der Waals surface area contributed by atoms with E-state index in [0.29, 0.717) is 5.03 Å². The van der Waals surface area contributed by atoms with Crippen molar-refractivity contribution in [2.45, 2.75) is 10.2 Å². The summed E-state index contributed by atoms with van der Waals surface area (Å²) in [5.41, 5.74) is 5.19. The Morgan fingerprint density at radius 3 is 2.67 bits per heavy atom. The van der Waals surface area contributed by atoms with Gasteiger partial charge in [0.1, 0.15) is 5.65 Å². The summed E-state index contributed by atoms with van der Waals surface area (Å²) < 4.78 is 4.51. The number of amides is 1. The van der Waals surface area contributed by atoms with Crippen LogP contribution < -0.4 is 11.3 Å². The fourth-order valence-corrected chi connectivity index (χ4v) is 3.00. The van der Waals surface area contributed by atoms with Crippen molar-refractivity contribution in [3.63, 3.8) is 0 Å². The molecule has 4 N–H and O–H groups in total. The molecule has 0 saturated heterocycles. The van der Waals surface area contributed by atoms with Gasteiger partial charge in [0.15, 0.2) is 5.16 Å². The standard InChI is InChI=1S/C11H12N4O4S2/c1-19-4(16)3-21-11-14-8-6(9(18)15-11)5(7(12)17)10(13-8)20-2/h3H2,1-2H3,(H2,12,17)(H2,13,14,15,18). The number of thioether (sulfide) groups is 2. The average Bonchev–Trinajstić information content (AvgIpc) is 2.83. The first-order chi connectivity index (χ1) is 9.97. The number of nitrogens with one attached hydrogen (secondary N) is 2. The number of primary amides is 1. The van der Waals surface area contributed by atoms with E-state index in [1.165, 1.54) is 18.9 Å². The van der Waals surface area contributed by atoms with E-state index < -0.39 is 17.4 Å². The van der Waals surface area contributed by atoms with Gasteiger partial charge in [0.05, 0.1) is 28.8 Å². The van der Waals surface area contributed by atoms with E-state index in [4.69, 9.17) is 5.73 Å². The van der Waals surface area contributed by atoms with Gasteiger partial charge in [-0.1, -0.05) is 11.8 Å². The summed E-state index contributed by atoms with van der Waals surface area (Å²) in [5, 5.41) is 0.850. The van der Waals surface area contributed by atoms with Crippen LogP contribution in [-0.4, -0.2) is 45.9 Å². The normalized spacial score (nSPS) is 10.8. The molecule has 0 bridgehead atoms. The van der Waals surface area contributed by atoms with Crippen molar-refractivity contribution in [3.05, 3.63) is 15.9 Å². The Labute approximate surface area is 127 Å². The van der Waals surface area contributed by atoms with Gasteiger partial charge < -0.3 is 20.4 Å². The zero-order valence-corrected chi connectivity index (χ0v) is 12.8. The second-order valence-electron chi connectivity index (χ2n) is 3.86. The number of aromatic nitrogens is 3. The molecule has 21 heavy (non-hydrogen) atoms. The van der Waals surface area contributed by atoms with Crippen molar-refractivity contribution < 1.29 is 14.3 Å². The first-order valence-electron chi connectivity index (χ1n) is 5.67. The number of aromatic amines is 2. The Morgan fingerprint density at radius 1 is 1.38 bits per heavy atom. The number of ether oxygens (including phenoxy) is 1. The molecule has 0 atom stereocenters. The minimum Gasteiger partial charge on any atom is -0.468 e. The third-order valence-corrected chi connectivity index (χ3v) is 4.17. The first-order valence-corrected chi connectivity index (χ1v) is 7.88. The molecule has 1 amide bonds. The van der Waals surface area contributed by atoms with E-state index in [1.54, 1.807) is 6.26 Å². The van der Waals surface area contributed by atoms with Crippen molar-refractivity contribution in [2.75, 3.05) is 19.1 Å². The van der Waals surface area contributed by atoms with E-state index in [9.17, 15) is 14.4 Å². The van der Waals surface area contributed by atoms with Crippen LogP contribution in [0.4, 0.5) is 0 Å². The van der Waals surface area contributed by atoms with Gasteiger partial charge in [0.2, 0.25) is 0 Å². The number of hydrogen-bond acceptors (Lipinski definition) is 7. The quantitative estimate of drug-likeness (QED) is 0.409. The maximum Gasteiger partial charge on any atom is 0.316 e. The number of nitrogens with zero attached hydrogens (tertiary/aromatic N) is 1. The lowest BCUT2D eigenvalue weighted by Gasteiger charge is -2.00. The third-order valence-electron chi connectivity index (χ3n) is 2.61. The SMILES string of the molecule is COC(=O)CSc1nc2[nH]c(SC)c(C(N)=O)c2c(=O)[nH]1. The molecule has 2 heterocycles. The molecular weight excluding hydrogens is 316 g/mol. The van der Waals surface area contributed by atoms with Crippen LogP contribution in [0.3, 0.4) is 0 Å². The van der Waals surface area contributed by atoms with Gasteiger partial charge in [-0.2, -0.15) is 0 Å². The third kappa shape index (κ3) is 3.05. The van der Waals surface area contributed by atoms with E-state index in [1.807, 2.05) is 0 Å². The molecule has 0 radical (unpaired) electrons. The molecule has 2 aromatic heterocycles. The van der Waals surface area contributed by atoms with Crippen LogP contribution in [0.15, 0.2) is 15.0 Å². The van der Waals surface area contributed by atoms with Gasteiger partial charge in [-0.05, 0) is 6.26 Å². The average molecular weight is 328 g/mol. The fraction of sp³-hybridized carbons (Fsp3) is 0.273. The number of carbonyl (C=O) groups excluding carboxylic acids is 2. The molecule has 0 unspecified atom stereocenters. The molecule has 0 fully saturated rings. The summed E-state index contributed by atoms with van der Waals surface area (Å²) in [4.78, 5) is 44.3. The highest BCUT2D eigenvalue weighted by Gasteiger charge is 2.20. The van der Waals surface area contributed by atoms with Gasteiger partial charge >= 0.3 is 5.97 Å². The van der Waals surface area contributed by atoms with Gasteiger partial charge in [-0.15, -0.1) is 11.8 Å². The van der Waals surface area contributed by atoms with Crippen molar-refractivity contribution in [2.24, 2.45) is 5.73 Å². The highest BCUT2D eigenvalue weighted by atomic mass is 32.2. The summed E-state index contributed by atoms with van der Waals surface area (Å²) in [6, 6.07) is 0. The van der Waals surface area contributed by atoms with Crippen LogP contribution in [0, 0.1) is 0 Å². The Bertz CT molecular complexity index is 767. The number of rotatable bonds is 5. The van der Waals surface area contributed by atoms with Crippen molar-refractivity contribution >= 4 is 46.4 Å². The summed E-state index contributed by atoms with van der Waals surface area (Å²) in [5.74, 6) is -1.12. The molecule has 2 aromatic rings. The predicted octanol–water partition coefficient (Wildman–Crippen LogP) is 0.337. The highest BCUT2D eigenvalue weighted by molar-refractivity contribution is 7.99. The Kier molecular flexibility index (Phi) is 4.58. The summed E-state index contributed by atoms with van der Waals surface area (Å²) in [6.07, 6.45) is 1.75. The number of H-pyrrole nitrogens is 2. The van der Waals surface area contributed by atoms with E-state index in [-0.39, 0.29) is 27.5 Å². The topological polar surface area (TPSA) is 131 Å². The van der Waals surface area contributed by atoms with E-state index in [2.05, 4.69) is 19.7 Å². The number of hydrogen-bond donors (Lipinski definition) is 3. The first kappa shape index (κ1) is 15.4. The maximum absolute atomic E-state index is 12.1. The molecule has 112 valence electrons. The molecule has 0 aliphatic heterocycles. The summed E-state index contributed by atoms with van der Waals surface area (Å²) in [7, 11) is 1.27. The Balaban J connectivity index is 2.50. The maximum atomic E-state index is 12.1. The van der Waals surface area contributed by atoms with Crippen molar-refractivity contribution in [1.82, 2.24) is 15.0 Å². The molecule has 2 rings (SSSR count). The zero-order chi connectivity index (χ0) is 15.6. The van der Waals surface area contributed by atoms with Gasteiger partial charge in [-0.25, -0.2) is 4.98 Å². The molecule has 0 spiro atoms. The highest BCUT2D eigenvalue weighted by Crippen LogP contribution is 2.25. The fourth-order valence-electron chi connectivity index (χ4n) is 1.70. The van der Waals surface area contributed by atoms with Crippen molar-refractivity contribution in [3.8, 4) is 0 Å². The van der Waals surface area contributed by atoms with Crippen molar-refractivity contribution in [1.29, 1.82) is 0 Å². The van der Waals surface area contributed by atoms with Gasteiger partial charge in [0.25, 0.3) is 11.5 Å². The van der Waals surface area contributed by atoms with Gasteiger partial charge in [0, 0.05) is 0 Å². The lowest BCUT2D eigenvalue weighted by Crippen LogP contribution is -2.16. The number of esters is 1. The zero-order valence-electron chi connectivity index (χ0n) is 11.2. The molecule has 0 aliphatic carbocycles. The number of carbonyl (C=O) groups is 2. The summed E-state index contributed by atoms with van der Waals surface area (Å²) in [6.45, 7) is 0. The molecule has 8 nitrogen and oxygen atoms in total. The molecule has 10 heteroatoms. The second kappa shape index (κ2) is 6.22. The number of nitrogens with two attached hydrogens (primary N) is 1. The summed E-state index contributed by atoms with van der Waals surface area (Å²) >= 11 is 2.28. The van der Waals surface area contributed by atoms with Crippen LogP contribution in [0.2, 0.25) is 0 Å². The molecular formula is C11H12N4O4S2. The largest absolute Gasteiger partial charge is 0.468 e. The molecule has 0 aromatic carbocycles. The van der Waals surface area contributed by atoms with E-state index in [0.717, 1.165) is 11.8 Å². The number of methoxy groups -OCH3 is 1. The van der Waals surface area contributed by atoms with Crippen LogP contribution in [0.5, 0.6) is 0 Å². The molecule has 0 aliphatic rings.